The Morgan fingerprint density at radius 2 is 1.86 bits per heavy atom. The highest BCUT2D eigenvalue weighted by Crippen LogP contribution is 2.43. The van der Waals surface area contributed by atoms with Crippen molar-refractivity contribution in [2.75, 3.05) is 6.54 Å². The zero-order chi connectivity index (χ0) is 14.9. The molecular weight excluding hydrogens is 254 g/mol. The molecule has 2 fully saturated rings. The van der Waals surface area contributed by atoms with Crippen LogP contribution >= 0.6 is 0 Å². The van der Waals surface area contributed by atoms with Crippen molar-refractivity contribution < 1.29 is 0 Å². The monoisotopic (exact) mass is 285 g/mol. The van der Waals surface area contributed by atoms with Gasteiger partial charge in [-0.25, -0.2) is 0 Å². The Bertz CT molecular complexity index is 470. The molecule has 2 saturated carbocycles. The lowest BCUT2D eigenvalue weighted by Gasteiger charge is -2.41. The van der Waals surface area contributed by atoms with E-state index in [1.54, 1.807) is 5.56 Å². The molecule has 0 radical (unpaired) electrons. The van der Waals surface area contributed by atoms with Crippen LogP contribution in [-0.4, -0.2) is 12.6 Å². The molecule has 1 aromatic rings. The van der Waals surface area contributed by atoms with Crippen LogP contribution in [0.15, 0.2) is 24.3 Å². The highest BCUT2D eigenvalue weighted by atomic mass is 14.9. The number of aryl methyl sites for hydroxylation is 1. The standard InChI is InChI=1S/C20H31N/c1-15-6-4-5-7-16(15)12-18-13-20(2,3)11-10-17(18)14-21-19-8-9-19/h4-7,17-19,21H,8-14H2,1-3H3. The minimum Gasteiger partial charge on any atom is -0.314 e. The summed E-state index contributed by atoms with van der Waals surface area (Å²) < 4.78 is 0. The molecule has 2 unspecified atom stereocenters. The maximum atomic E-state index is 3.78. The minimum atomic E-state index is 0.531. The summed E-state index contributed by atoms with van der Waals surface area (Å²) in [7, 11) is 0. The third-order valence-corrected chi connectivity index (χ3v) is 5.66. The van der Waals surface area contributed by atoms with E-state index >= 15 is 0 Å². The van der Waals surface area contributed by atoms with Crippen LogP contribution < -0.4 is 5.32 Å². The second-order valence-electron chi connectivity index (χ2n) is 8.24. The van der Waals surface area contributed by atoms with Gasteiger partial charge in [0.2, 0.25) is 0 Å². The van der Waals surface area contributed by atoms with Crippen molar-refractivity contribution in [3.05, 3.63) is 35.4 Å². The van der Waals surface area contributed by atoms with Gasteiger partial charge in [-0.05, 0) is 80.4 Å². The molecule has 21 heavy (non-hydrogen) atoms. The Labute approximate surface area is 130 Å². The molecule has 2 aliphatic carbocycles. The fourth-order valence-corrected chi connectivity index (χ4v) is 4.02. The van der Waals surface area contributed by atoms with Gasteiger partial charge in [0, 0.05) is 6.04 Å². The average Bonchev–Trinajstić information content (AvgIpc) is 3.24. The largest absolute Gasteiger partial charge is 0.314 e. The van der Waals surface area contributed by atoms with Gasteiger partial charge < -0.3 is 5.32 Å². The summed E-state index contributed by atoms with van der Waals surface area (Å²) in [4.78, 5) is 0. The predicted octanol–water partition coefficient (Wildman–Crippen LogP) is 4.73. The van der Waals surface area contributed by atoms with E-state index < -0.39 is 0 Å². The van der Waals surface area contributed by atoms with E-state index in [0.717, 1.165) is 17.9 Å². The summed E-state index contributed by atoms with van der Waals surface area (Å²) in [5.41, 5.74) is 3.56. The number of benzene rings is 1. The topological polar surface area (TPSA) is 12.0 Å². The number of nitrogens with one attached hydrogen (secondary N) is 1. The molecule has 116 valence electrons. The molecule has 0 heterocycles. The van der Waals surface area contributed by atoms with Crippen molar-refractivity contribution in [3.63, 3.8) is 0 Å². The van der Waals surface area contributed by atoms with Crippen LogP contribution in [0, 0.1) is 24.2 Å². The molecule has 2 aliphatic rings. The first-order valence-corrected chi connectivity index (χ1v) is 8.81. The average molecular weight is 285 g/mol. The lowest BCUT2D eigenvalue weighted by molar-refractivity contribution is 0.115. The van der Waals surface area contributed by atoms with Gasteiger partial charge in [-0.2, -0.15) is 0 Å². The van der Waals surface area contributed by atoms with Gasteiger partial charge in [0.05, 0.1) is 0 Å². The van der Waals surface area contributed by atoms with Crippen LogP contribution in [0.1, 0.15) is 57.1 Å². The molecule has 3 rings (SSSR count). The van der Waals surface area contributed by atoms with E-state index in [4.69, 9.17) is 0 Å². The van der Waals surface area contributed by atoms with Crippen LogP contribution in [0.3, 0.4) is 0 Å². The fraction of sp³-hybridized carbons (Fsp3) is 0.700. The zero-order valence-corrected chi connectivity index (χ0v) is 14.0. The van der Waals surface area contributed by atoms with Crippen molar-refractivity contribution in [1.29, 1.82) is 0 Å². The van der Waals surface area contributed by atoms with Crippen LogP contribution in [-0.2, 0) is 6.42 Å². The van der Waals surface area contributed by atoms with Gasteiger partial charge in [0.25, 0.3) is 0 Å². The Morgan fingerprint density at radius 3 is 2.57 bits per heavy atom. The van der Waals surface area contributed by atoms with Gasteiger partial charge in [0.15, 0.2) is 0 Å². The van der Waals surface area contributed by atoms with E-state index in [1.165, 1.54) is 50.6 Å². The Balaban J connectivity index is 1.68. The van der Waals surface area contributed by atoms with E-state index in [-0.39, 0.29) is 0 Å². The zero-order valence-electron chi connectivity index (χ0n) is 14.0. The number of hydrogen-bond acceptors (Lipinski definition) is 1. The highest BCUT2D eigenvalue weighted by Gasteiger charge is 2.35. The molecule has 0 spiro atoms. The molecule has 0 saturated heterocycles. The summed E-state index contributed by atoms with van der Waals surface area (Å²) in [6.07, 6.45) is 8.27. The summed E-state index contributed by atoms with van der Waals surface area (Å²) in [6, 6.07) is 9.81. The summed E-state index contributed by atoms with van der Waals surface area (Å²) in [5, 5.41) is 3.78. The lowest BCUT2D eigenvalue weighted by Crippen LogP contribution is -2.37. The van der Waals surface area contributed by atoms with Crippen molar-refractivity contribution in [2.45, 2.75) is 65.3 Å². The molecular formula is C20H31N. The third-order valence-electron chi connectivity index (χ3n) is 5.66. The SMILES string of the molecule is Cc1ccccc1CC1CC(C)(C)CCC1CNC1CC1. The predicted molar refractivity (Wildman–Crippen MR) is 90.5 cm³/mol. The van der Waals surface area contributed by atoms with Gasteiger partial charge in [-0.15, -0.1) is 0 Å². The van der Waals surface area contributed by atoms with Crippen molar-refractivity contribution in [2.24, 2.45) is 17.3 Å². The Hall–Kier alpha value is -0.820. The van der Waals surface area contributed by atoms with Crippen molar-refractivity contribution >= 4 is 0 Å². The molecule has 1 heteroatoms. The first-order valence-electron chi connectivity index (χ1n) is 8.81. The van der Waals surface area contributed by atoms with E-state index in [0.29, 0.717) is 5.41 Å². The second kappa shape index (κ2) is 6.12. The first kappa shape index (κ1) is 15.1. The van der Waals surface area contributed by atoms with Crippen LogP contribution in [0.4, 0.5) is 0 Å². The summed E-state index contributed by atoms with van der Waals surface area (Å²) >= 11 is 0. The lowest BCUT2D eigenvalue weighted by atomic mass is 9.65. The molecule has 0 aliphatic heterocycles. The second-order valence-corrected chi connectivity index (χ2v) is 8.24. The van der Waals surface area contributed by atoms with Crippen molar-refractivity contribution in [3.8, 4) is 0 Å². The Morgan fingerprint density at radius 1 is 1.10 bits per heavy atom. The van der Waals surface area contributed by atoms with E-state index in [1.807, 2.05) is 0 Å². The van der Waals surface area contributed by atoms with Gasteiger partial charge >= 0.3 is 0 Å². The van der Waals surface area contributed by atoms with Gasteiger partial charge in [-0.1, -0.05) is 38.1 Å². The summed E-state index contributed by atoms with van der Waals surface area (Å²) in [5.74, 6) is 1.72. The molecule has 1 aromatic carbocycles. The maximum Gasteiger partial charge on any atom is 0.00683 e. The summed E-state index contributed by atoms with van der Waals surface area (Å²) in [6.45, 7) is 8.43. The molecule has 0 aromatic heterocycles. The van der Waals surface area contributed by atoms with Crippen molar-refractivity contribution in [1.82, 2.24) is 5.32 Å². The molecule has 1 N–H and O–H groups in total. The smallest absolute Gasteiger partial charge is 0.00683 e. The fourth-order valence-electron chi connectivity index (χ4n) is 4.02. The third kappa shape index (κ3) is 4.10. The molecule has 0 amide bonds. The van der Waals surface area contributed by atoms with Crippen LogP contribution in [0.5, 0.6) is 0 Å². The van der Waals surface area contributed by atoms with Crippen LogP contribution in [0.25, 0.3) is 0 Å². The van der Waals surface area contributed by atoms with Gasteiger partial charge in [-0.3, -0.25) is 0 Å². The van der Waals surface area contributed by atoms with E-state index in [2.05, 4.69) is 50.4 Å². The Kier molecular flexibility index (Phi) is 4.40. The number of hydrogen-bond donors (Lipinski definition) is 1. The van der Waals surface area contributed by atoms with Gasteiger partial charge in [0.1, 0.15) is 0 Å². The normalized spacial score (nSPS) is 28.5. The highest BCUT2D eigenvalue weighted by molar-refractivity contribution is 5.26. The van der Waals surface area contributed by atoms with Crippen LogP contribution in [0.2, 0.25) is 0 Å². The van der Waals surface area contributed by atoms with E-state index in [9.17, 15) is 0 Å². The first-order chi connectivity index (χ1) is 10.0. The molecule has 1 nitrogen and oxygen atoms in total. The minimum absolute atomic E-state index is 0.531. The molecule has 0 bridgehead atoms. The molecule has 2 atom stereocenters. The number of rotatable bonds is 5. The maximum absolute atomic E-state index is 3.78. The quantitative estimate of drug-likeness (QED) is 0.824.